The molecule has 3 heteroatoms. The second kappa shape index (κ2) is 4.72. The third kappa shape index (κ3) is 2.55. The van der Waals surface area contributed by atoms with E-state index in [9.17, 15) is 9.18 Å². The molecular formula is C13H23FO2. The van der Waals surface area contributed by atoms with Gasteiger partial charge in [-0.1, -0.05) is 20.8 Å². The SMILES string of the molecule is CCC(C)(F)C(=O)OC1(C(C)C)CCCC1. The predicted octanol–water partition coefficient (Wildman–Crippen LogP) is 3.64. The van der Waals surface area contributed by atoms with Crippen LogP contribution in [0.5, 0.6) is 0 Å². The van der Waals surface area contributed by atoms with Gasteiger partial charge in [-0.2, -0.15) is 0 Å². The highest BCUT2D eigenvalue weighted by Gasteiger charge is 2.44. The van der Waals surface area contributed by atoms with Crippen molar-refractivity contribution in [1.29, 1.82) is 0 Å². The maximum absolute atomic E-state index is 13.8. The van der Waals surface area contributed by atoms with Gasteiger partial charge in [0.25, 0.3) is 0 Å². The van der Waals surface area contributed by atoms with Gasteiger partial charge in [-0.15, -0.1) is 0 Å². The molecule has 1 unspecified atom stereocenters. The number of ether oxygens (including phenoxy) is 1. The Hall–Kier alpha value is -0.600. The number of hydrogen-bond donors (Lipinski definition) is 0. The topological polar surface area (TPSA) is 26.3 Å². The highest BCUT2D eigenvalue weighted by Crippen LogP contribution is 2.40. The molecule has 0 aromatic carbocycles. The van der Waals surface area contributed by atoms with Crippen molar-refractivity contribution in [3.05, 3.63) is 0 Å². The summed E-state index contributed by atoms with van der Waals surface area (Å²) in [4.78, 5) is 11.8. The van der Waals surface area contributed by atoms with Gasteiger partial charge in [0, 0.05) is 0 Å². The maximum Gasteiger partial charge on any atom is 0.344 e. The molecule has 0 radical (unpaired) electrons. The summed E-state index contributed by atoms with van der Waals surface area (Å²) in [6.07, 6.45) is 4.05. The molecule has 0 N–H and O–H groups in total. The molecular weight excluding hydrogens is 207 g/mol. The molecule has 1 atom stereocenters. The highest BCUT2D eigenvalue weighted by molar-refractivity contribution is 5.79. The molecule has 2 nitrogen and oxygen atoms in total. The summed E-state index contributed by atoms with van der Waals surface area (Å²) in [5.74, 6) is -0.433. The molecule has 0 aliphatic heterocycles. The van der Waals surface area contributed by atoms with E-state index in [0.29, 0.717) is 0 Å². The van der Waals surface area contributed by atoms with Gasteiger partial charge >= 0.3 is 5.97 Å². The molecule has 0 aromatic rings. The Labute approximate surface area is 97.6 Å². The Morgan fingerprint density at radius 2 is 1.94 bits per heavy atom. The second-order valence-corrected chi connectivity index (χ2v) is 5.37. The van der Waals surface area contributed by atoms with Gasteiger partial charge in [0.2, 0.25) is 5.67 Å². The van der Waals surface area contributed by atoms with Crippen molar-refractivity contribution in [3.8, 4) is 0 Å². The molecule has 0 amide bonds. The van der Waals surface area contributed by atoms with Crippen molar-refractivity contribution >= 4 is 5.97 Å². The van der Waals surface area contributed by atoms with Crippen LogP contribution >= 0.6 is 0 Å². The zero-order valence-corrected chi connectivity index (χ0v) is 10.8. The van der Waals surface area contributed by atoms with Gasteiger partial charge in [0.1, 0.15) is 5.60 Å². The largest absolute Gasteiger partial charge is 0.456 e. The quantitative estimate of drug-likeness (QED) is 0.689. The standard InChI is InChI=1S/C13H23FO2/c1-5-12(4,14)11(15)16-13(10(2)3)8-6-7-9-13/h10H,5-9H2,1-4H3. The summed E-state index contributed by atoms with van der Waals surface area (Å²) in [7, 11) is 0. The normalized spacial score (nSPS) is 23.1. The van der Waals surface area contributed by atoms with Gasteiger partial charge in [0.05, 0.1) is 0 Å². The first-order valence-electron chi connectivity index (χ1n) is 6.26. The van der Waals surface area contributed by atoms with E-state index in [0.717, 1.165) is 25.7 Å². The van der Waals surface area contributed by atoms with E-state index in [1.807, 2.05) is 13.8 Å². The van der Waals surface area contributed by atoms with Crippen molar-refractivity contribution in [3.63, 3.8) is 0 Å². The zero-order chi connectivity index (χ0) is 12.4. The number of alkyl halides is 1. The van der Waals surface area contributed by atoms with E-state index in [-0.39, 0.29) is 12.3 Å². The number of esters is 1. The number of carbonyl (C=O) groups is 1. The highest BCUT2D eigenvalue weighted by atomic mass is 19.1. The molecule has 0 heterocycles. The Bertz CT molecular complexity index is 253. The smallest absolute Gasteiger partial charge is 0.344 e. The lowest BCUT2D eigenvalue weighted by Crippen LogP contribution is -2.43. The Balaban J connectivity index is 2.74. The van der Waals surface area contributed by atoms with E-state index >= 15 is 0 Å². The van der Waals surface area contributed by atoms with E-state index in [2.05, 4.69) is 0 Å². The summed E-state index contributed by atoms with van der Waals surface area (Å²) in [6.45, 7) is 7.05. The van der Waals surface area contributed by atoms with E-state index in [4.69, 9.17) is 4.74 Å². The maximum atomic E-state index is 13.8. The molecule has 16 heavy (non-hydrogen) atoms. The van der Waals surface area contributed by atoms with E-state index < -0.39 is 17.2 Å². The molecule has 1 aliphatic rings. The number of rotatable bonds is 4. The number of halogens is 1. The number of carbonyl (C=O) groups excluding carboxylic acids is 1. The molecule has 1 rings (SSSR count). The van der Waals surface area contributed by atoms with Crippen LogP contribution in [0.4, 0.5) is 4.39 Å². The summed E-state index contributed by atoms with van der Waals surface area (Å²) in [5.41, 5.74) is -2.26. The predicted molar refractivity (Wildman–Crippen MR) is 61.9 cm³/mol. The monoisotopic (exact) mass is 230 g/mol. The van der Waals surface area contributed by atoms with Gasteiger partial charge < -0.3 is 4.74 Å². The first-order chi connectivity index (χ1) is 7.34. The lowest BCUT2D eigenvalue weighted by molar-refractivity contribution is -0.178. The lowest BCUT2D eigenvalue weighted by Gasteiger charge is -2.35. The minimum atomic E-state index is -1.84. The minimum Gasteiger partial charge on any atom is -0.456 e. The fourth-order valence-electron chi connectivity index (χ4n) is 2.21. The first kappa shape index (κ1) is 13.5. The molecule has 0 saturated heterocycles. The van der Waals surface area contributed by atoms with Crippen LogP contribution in [-0.2, 0) is 9.53 Å². The Morgan fingerprint density at radius 3 is 2.31 bits per heavy atom. The average molecular weight is 230 g/mol. The van der Waals surface area contributed by atoms with Gasteiger partial charge in [-0.25, -0.2) is 9.18 Å². The van der Waals surface area contributed by atoms with Crippen LogP contribution in [0, 0.1) is 5.92 Å². The molecule has 1 saturated carbocycles. The van der Waals surface area contributed by atoms with Crippen LogP contribution in [0.3, 0.4) is 0 Å². The molecule has 0 aromatic heterocycles. The second-order valence-electron chi connectivity index (χ2n) is 5.37. The number of hydrogen-bond acceptors (Lipinski definition) is 2. The van der Waals surface area contributed by atoms with Gasteiger partial charge in [-0.05, 0) is 44.9 Å². The fraction of sp³-hybridized carbons (Fsp3) is 0.923. The Kier molecular flexibility index (Phi) is 3.97. The van der Waals surface area contributed by atoms with Crippen molar-refractivity contribution < 1.29 is 13.9 Å². The molecule has 0 spiro atoms. The van der Waals surface area contributed by atoms with Gasteiger partial charge in [0.15, 0.2) is 0 Å². The minimum absolute atomic E-state index is 0.167. The van der Waals surface area contributed by atoms with Crippen molar-refractivity contribution in [2.45, 2.75) is 71.1 Å². The summed E-state index contributed by atoms with van der Waals surface area (Å²) < 4.78 is 19.3. The lowest BCUT2D eigenvalue weighted by atomic mass is 9.88. The Morgan fingerprint density at radius 1 is 1.44 bits per heavy atom. The van der Waals surface area contributed by atoms with Crippen LogP contribution < -0.4 is 0 Å². The van der Waals surface area contributed by atoms with Crippen LogP contribution in [0.1, 0.15) is 59.8 Å². The zero-order valence-electron chi connectivity index (χ0n) is 10.8. The third-order valence-corrected chi connectivity index (χ3v) is 3.89. The van der Waals surface area contributed by atoms with Crippen LogP contribution in [0.2, 0.25) is 0 Å². The molecule has 1 fully saturated rings. The van der Waals surface area contributed by atoms with Crippen molar-refractivity contribution in [2.24, 2.45) is 5.92 Å². The van der Waals surface area contributed by atoms with Gasteiger partial charge in [-0.3, -0.25) is 0 Å². The fourth-order valence-corrected chi connectivity index (χ4v) is 2.21. The van der Waals surface area contributed by atoms with E-state index in [1.54, 1.807) is 6.92 Å². The molecule has 0 bridgehead atoms. The third-order valence-electron chi connectivity index (χ3n) is 3.89. The molecule has 94 valence electrons. The van der Waals surface area contributed by atoms with Crippen molar-refractivity contribution in [2.75, 3.05) is 0 Å². The summed E-state index contributed by atoms with van der Waals surface area (Å²) in [6, 6.07) is 0. The van der Waals surface area contributed by atoms with E-state index in [1.165, 1.54) is 6.92 Å². The van der Waals surface area contributed by atoms with Crippen LogP contribution in [0.15, 0.2) is 0 Å². The van der Waals surface area contributed by atoms with Crippen LogP contribution in [-0.4, -0.2) is 17.2 Å². The average Bonchev–Trinajstić information content (AvgIpc) is 2.67. The summed E-state index contributed by atoms with van der Waals surface area (Å²) >= 11 is 0. The first-order valence-corrected chi connectivity index (χ1v) is 6.26. The van der Waals surface area contributed by atoms with Crippen LogP contribution in [0.25, 0.3) is 0 Å². The molecule has 1 aliphatic carbocycles. The summed E-state index contributed by atoms with van der Waals surface area (Å²) in [5, 5.41) is 0. The van der Waals surface area contributed by atoms with Crippen molar-refractivity contribution in [1.82, 2.24) is 0 Å².